The highest BCUT2D eigenvalue weighted by atomic mass is 32.2. The molecule has 2 aromatic rings. The van der Waals surface area contributed by atoms with Crippen LogP contribution in [0.25, 0.3) is 0 Å². The third kappa shape index (κ3) is 5.36. The van der Waals surface area contributed by atoms with Gasteiger partial charge in [-0.05, 0) is 18.1 Å². The molecule has 0 radical (unpaired) electrons. The summed E-state index contributed by atoms with van der Waals surface area (Å²) < 4.78 is 33.1. The number of nitrogens with zero attached hydrogens (tertiary/aromatic N) is 1. The van der Waals surface area contributed by atoms with Crippen molar-refractivity contribution in [3.8, 4) is 0 Å². The van der Waals surface area contributed by atoms with Crippen LogP contribution >= 0.6 is 0 Å². The average molecular weight is 449 g/mol. The number of hydrogen-bond donors (Lipinski definition) is 3. The first-order chi connectivity index (χ1) is 14.7. The van der Waals surface area contributed by atoms with Crippen molar-refractivity contribution in [2.75, 3.05) is 6.54 Å². The summed E-state index contributed by atoms with van der Waals surface area (Å²) in [6.07, 6.45) is 1.56. The molecule has 166 valence electrons. The minimum atomic E-state index is -3.98. The zero-order valence-corrected chi connectivity index (χ0v) is 17.9. The van der Waals surface area contributed by atoms with E-state index in [1.807, 2.05) is 0 Å². The minimum absolute atomic E-state index is 0.0126. The van der Waals surface area contributed by atoms with Gasteiger partial charge in [-0.2, -0.15) is 4.72 Å². The van der Waals surface area contributed by atoms with Gasteiger partial charge in [0.25, 0.3) is 5.91 Å². The third-order valence-electron chi connectivity index (χ3n) is 4.90. The van der Waals surface area contributed by atoms with Crippen LogP contribution in [0.15, 0.2) is 46.0 Å². The summed E-state index contributed by atoms with van der Waals surface area (Å²) in [6.45, 7) is 3.54. The van der Waals surface area contributed by atoms with E-state index in [1.54, 1.807) is 32.0 Å². The molecule has 2 amide bonds. The Labute approximate surface area is 179 Å². The van der Waals surface area contributed by atoms with Gasteiger partial charge in [0.05, 0.1) is 10.6 Å². The molecule has 2 atom stereocenters. The molecular weight excluding hydrogens is 424 g/mol. The molecule has 2 unspecified atom stereocenters. The quantitative estimate of drug-likeness (QED) is 0.525. The Morgan fingerprint density at radius 3 is 2.61 bits per heavy atom. The Bertz CT molecular complexity index is 1060. The lowest BCUT2D eigenvalue weighted by atomic mass is 10.0. The van der Waals surface area contributed by atoms with E-state index < -0.39 is 45.6 Å². The van der Waals surface area contributed by atoms with Crippen LogP contribution in [0.1, 0.15) is 25.3 Å². The Morgan fingerprint density at radius 1 is 1.23 bits per heavy atom. The molecule has 10 nitrogen and oxygen atoms in total. The minimum Gasteiger partial charge on any atom is -0.448 e. The maximum atomic E-state index is 13.0. The van der Waals surface area contributed by atoms with Crippen LogP contribution in [-0.4, -0.2) is 49.6 Å². The fourth-order valence-corrected chi connectivity index (χ4v) is 4.55. The van der Waals surface area contributed by atoms with Crippen molar-refractivity contribution in [3.05, 3.63) is 48.2 Å². The SMILES string of the molecule is CC(C)C(NS(=O)(=O)c1ccccc1)C(=O)NC1Cc2ncoc2CCNC(=O)C1=O. The molecule has 1 aromatic carbocycles. The van der Waals surface area contributed by atoms with E-state index in [0.29, 0.717) is 17.9 Å². The normalized spacial score (nSPS) is 18.4. The van der Waals surface area contributed by atoms with Crippen molar-refractivity contribution in [3.63, 3.8) is 0 Å². The van der Waals surface area contributed by atoms with Gasteiger partial charge in [-0.1, -0.05) is 32.0 Å². The maximum Gasteiger partial charge on any atom is 0.289 e. The number of ketones is 1. The zero-order valence-electron chi connectivity index (χ0n) is 17.1. The van der Waals surface area contributed by atoms with E-state index in [-0.39, 0.29) is 17.9 Å². The first kappa shape index (κ1) is 22.6. The molecular formula is C20H24N4O6S. The zero-order chi connectivity index (χ0) is 22.6. The first-order valence-corrected chi connectivity index (χ1v) is 11.3. The third-order valence-corrected chi connectivity index (χ3v) is 6.36. The summed E-state index contributed by atoms with van der Waals surface area (Å²) >= 11 is 0. The topological polar surface area (TPSA) is 147 Å². The molecule has 3 rings (SSSR count). The Hall–Kier alpha value is -3.05. The first-order valence-electron chi connectivity index (χ1n) is 9.80. The van der Waals surface area contributed by atoms with E-state index >= 15 is 0 Å². The molecule has 3 N–H and O–H groups in total. The smallest absolute Gasteiger partial charge is 0.289 e. The van der Waals surface area contributed by atoms with Gasteiger partial charge in [0.15, 0.2) is 6.39 Å². The number of carbonyl (C=O) groups excluding carboxylic acids is 3. The molecule has 0 fully saturated rings. The van der Waals surface area contributed by atoms with Crippen LogP contribution < -0.4 is 15.4 Å². The average Bonchev–Trinajstić information content (AvgIpc) is 3.18. The molecule has 2 heterocycles. The van der Waals surface area contributed by atoms with E-state index in [4.69, 9.17) is 4.42 Å². The number of rotatable bonds is 6. The van der Waals surface area contributed by atoms with Crippen LogP contribution in [0, 0.1) is 5.92 Å². The second-order valence-corrected chi connectivity index (χ2v) is 9.23. The molecule has 11 heteroatoms. The molecule has 1 aromatic heterocycles. The Kier molecular flexibility index (Phi) is 6.86. The lowest BCUT2D eigenvalue weighted by molar-refractivity contribution is -0.140. The van der Waals surface area contributed by atoms with Crippen molar-refractivity contribution in [2.24, 2.45) is 5.92 Å². The number of oxazole rings is 1. The van der Waals surface area contributed by atoms with Crippen molar-refractivity contribution >= 4 is 27.6 Å². The van der Waals surface area contributed by atoms with E-state index in [0.717, 1.165) is 0 Å². The van der Waals surface area contributed by atoms with Crippen molar-refractivity contribution in [1.29, 1.82) is 0 Å². The predicted molar refractivity (Wildman–Crippen MR) is 109 cm³/mol. The van der Waals surface area contributed by atoms with Crippen LogP contribution in [0.2, 0.25) is 0 Å². The lowest BCUT2D eigenvalue weighted by Crippen LogP contribution is -2.55. The van der Waals surface area contributed by atoms with Crippen LogP contribution in [0.3, 0.4) is 0 Å². The monoisotopic (exact) mass is 448 g/mol. The van der Waals surface area contributed by atoms with Gasteiger partial charge in [-0.15, -0.1) is 0 Å². The highest BCUT2D eigenvalue weighted by Crippen LogP contribution is 2.15. The fourth-order valence-electron chi connectivity index (χ4n) is 3.19. The van der Waals surface area contributed by atoms with E-state index in [2.05, 4.69) is 20.3 Å². The second-order valence-electron chi connectivity index (χ2n) is 7.51. The highest BCUT2D eigenvalue weighted by Gasteiger charge is 2.34. The van der Waals surface area contributed by atoms with Gasteiger partial charge in [0, 0.05) is 19.4 Å². The van der Waals surface area contributed by atoms with Gasteiger partial charge < -0.3 is 15.1 Å². The van der Waals surface area contributed by atoms with E-state index in [1.165, 1.54) is 18.5 Å². The number of amides is 2. The number of fused-ring (bicyclic) bond motifs is 1. The van der Waals surface area contributed by atoms with Crippen molar-refractivity contribution in [2.45, 2.75) is 43.7 Å². The maximum absolute atomic E-state index is 13.0. The summed E-state index contributed by atoms with van der Waals surface area (Å²) in [6, 6.07) is 5.28. The predicted octanol–water partition coefficient (Wildman–Crippen LogP) is -0.0536. The molecule has 0 spiro atoms. The van der Waals surface area contributed by atoms with Gasteiger partial charge >= 0.3 is 0 Å². The van der Waals surface area contributed by atoms with Gasteiger partial charge in [0.2, 0.25) is 21.7 Å². The molecule has 0 saturated heterocycles. The lowest BCUT2D eigenvalue weighted by Gasteiger charge is -2.24. The number of benzene rings is 1. The van der Waals surface area contributed by atoms with Crippen molar-refractivity contribution < 1.29 is 27.2 Å². The van der Waals surface area contributed by atoms with Gasteiger partial charge in [-0.25, -0.2) is 13.4 Å². The van der Waals surface area contributed by atoms with Crippen molar-refractivity contribution in [1.82, 2.24) is 20.3 Å². The van der Waals surface area contributed by atoms with Crippen LogP contribution in [0.4, 0.5) is 0 Å². The molecule has 0 saturated carbocycles. The molecule has 31 heavy (non-hydrogen) atoms. The standard InChI is InChI=1S/C20H24N4O6S/c1-12(2)17(24-31(28,29)13-6-4-3-5-7-13)19(26)23-15-10-14-16(30-11-22-14)8-9-21-20(27)18(15)25/h3-7,11-12,15,17,24H,8-10H2,1-2H3,(H,21,27)(H,23,26). The summed E-state index contributed by atoms with van der Waals surface area (Å²) in [7, 11) is -3.98. The van der Waals surface area contributed by atoms with Crippen LogP contribution in [-0.2, 0) is 37.2 Å². The number of hydrogen-bond acceptors (Lipinski definition) is 7. The second kappa shape index (κ2) is 9.40. The largest absolute Gasteiger partial charge is 0.448 e. The summed E-state index contributed by atoms with van der Waals surface area (Å²) in [5, 5.41) is 5.00. The fraction of sp³-hybridized carbons (Fsp3) is 0.400. The molecule has 1 aliphatic heterocycles. The number of Topliss-reactive ketones (excluding diaryl/α,β-unsaturated/α-hetero) is 1. The number of nitrogens with one attached hydrogen (secondary N) is 3. The van der Waals surface area contributed by atoms with E-state index in [9.17, 15) is 22.8 Å². The Morgan fingerprint density at radius 2 is 1.94 bits per heavy atom. The molecule has 0 aliphatic carbocycles. The summed E-state index contributed by atoms with van der Waals surface area (Å²) in [4.78, 5) is 41.8. The Balaban J connectivity index is 1.82. The summed E-state index contributed by atoms with van der Waals surface area (Å²) in [5.74, 6) is -2.30. The summed E-state index contributed by atoms with van der Waals surface area (Å²) in [5.41, 5.74) is 0.459. The number of carbonyl (C=O) groups is 3. The highest BCUT2D eigenvalue weighted by molar-refractivity contribution is 7.89. The van der Waals surface area contributed by atoms with Gasteiger partial charge in [0.1, 0.15) is 17.8 Å². The van der Waals surface area contributed by atoms with Crippen LogP contribution in [0.5, 0.6) is 0 Å². The molecule has 0 bridgehead atoms. The van der Waals surface area contributed by atoms with Gasteiger partial charge in [-0.3, -0.25) is 14.4 Å². The number of sulfonamides is 1. The molecule has 1 aliphatic rings. The number of aromatic nitrogens is 1.